The van der Waals surface area contributed by atoms with Crippen LogP contribution in [0.25, 0.3) is 21.8 Å². The van der Waals surface area contributed by atoms with Crippen LogP contribution in [-0.2, 0) is 37.3 Å². The van der Waals surface area contributed by atoms with Crippen LogP contribution in [0.5, 0.6) is 5.75 Å². The van der Waals surface area contributed by atoms with Crippen LogP contribution in [0.4, 0.5) is 0 Å². The third kappa shape index (κ3) is 5.00. The molecule has 282 valence electrons. The number of ether oxygens (including phenoxy) is 2. The molecule has 11 atom stereocenters. The minimum atomic E-state index is -0.619. The molecule has 4 unspecified atom stereocenters. The highest BCUT2D eigenvalue weighted by atomic mass is 17.1. The van der Waals surface area contributed by atoms with Crippen molar-refractivity contribution in [3.63, 3.8) is 0 Å². The number of likely N-dealkylation sites (tertiary alicyclic amines) is 1. The fourth-order valence-electron chi connectivity index (χ4n) is 12.3. The highest BCUT2D eigenvalue weighted by Gasteiger charge is 2.59. The summed E-state index contributed by atoms with van der Waals surface area (Å²) < 4.78 is 17.7. The van der Waals surface area contributed by atoms with E-state index >= 15 is 0 Å². The minimum absolute atomic E-state index is 0.0197. The maximum atomic E-state index is 13.9. The number of nitrogens with zero attached hydrogens (tertiary/aromatic N) is 2. The van der Waals surface area contributed by atoms with E-state index in [1.54, 1.807) is 14.2 Å². The van der Waals surface area contributed by atoms with Crippen LogP contribution in [0.1, 0.15) is 79.9 Å². The maximum absolute atomic E-state index is 13.9. The van der Waals surface area contributed by atoms with Gasteiger partial charge in [-0.2, -0.15) is 9.46 Å². The Morgan fingerprint density at radius 3 is 2.60 bits per heavy atom. The number of para-hydroxylation sites is 1. The Bertz CT molecular complexity index is 2070. The fraction of sp³-hybridized carbons (Fsp3) is 0.581. The standard InChI is InChI=1S/C43H54N4O6/c1-7-23-17-25-20-43(22-53-52-6)39-28(15-16-47(40(23)43)41(25)48)27-13-14-34(50-4)36(38(27)45-39)31-18-29-24(8-2)21-46(3)33(35(29)42(49)51-5)19-30-26-11-9-10-12-32(26)44-37(30)31/h9-14,23-25,29,31,33,35,40-41,44-45,48H,7-8,15-21H2,1-6H3/t23-,24+,25-,29-,31-,33-,35?,40-,41?,43?/m0/s1. The lowest BCUT2D eigenvalue weighted by Crippen LogP contribution is -2.69. The Morgan fingerprint density at radius 2 is 1.85 bits per heavy atom. The van der Waals surface area contributed by atoms with Crippen LogP contribution in [0, 0.1) is 29.6 Å². The molecule has 2 aromatic heterocycles. The molecule has 0 spiro atoms. The van der Waals surface area contributed by atoms with Crippen LogP contribution < -0.4 is 4.74 Å². The summed E-state index contributed by atoms with van der Waals surface area (Å²) >= 11 is 0. The number of methoxy groups -OCH3 is 2. The van der Waals surface area contributed by atoms with Gasteiger partial charge >= 0.3 is 5.97 Å². The minimum Gasteiger partial charge on any atom is -0.496 e. The first-order valence-corrected chi connectivity index (χ1v) is 19.8. The fourth-order valence-corrected chi connectivity index (χ4v) is 12.3. The number of aliphatic hydroxyl groups is 1. The van der Waals surface area contributed by atoms with Crippen molar-refractivity contribution in [2.24, 2.45) is 29.6 Å². The van der Waals surface area contributed by atoms with Gasteiger partial charge in [-0.25, -0.2) is 0 Å². The van der Waals surface area contributed by atoms with Gasteiger partial charge in [-0.3, -0.25) is 9.69 Å². The number of nitrogens with one attached hydrogen (secondary N) is 2. The smallest absolute Gasteiger partial charge is 0.310 e. The highest BCUT2D eigenvalue weighted by molar-refractivity contribution is 5.93. The lowest BCUT2D eigenvalue weighted by Gasteiger charge is -2.62. The number of carbonyl (C=O) groups is 1. The van der Waals surface area contributed by atoms with Crippen molar-refractivity contribution in [3.05, 3.63) is 64.5 Å². The Hall–Kier alpha value is -3.86. The van der Waals surface area contributed by atoms with Gasteiger partial charge in [0.25, 0.3) is 0 Å². The number of esters is 1. The van der Waals surface area contributed by atoms with E-state index in [2.05, 4.69) is 83.3 Å². The quantitative estimate of drug-likeness (QED) is 0.0714. The highest BCUT2D eigenvalue weighted by Crippen LogP contribution is 2.57. The third-order valence-corrected chi connectivity index (χ3v) is 14.5. The van der Waals surface area contributed by atoms with Gasteiger partial charge in [0, 0.05) is 64.3 Å². The lowest BCUT2D eigenvalue weighted by atomic mass is 9.56. The monoisotopic (exact) mass is 722 g/mol. The summed E-state index contributed by atoms with van der Waals surface area (Å²) in [6.45, 7) is 6.21. The predicted molar refractivity (Wildman–Crippen MR) is 204 cm³/mol. The van der Waals surface area contributed by atoms with Gasteiger partial charge in [-0.1, -0.05) is 51.3 Å². The summed E-state index contributed by atoms with van der Waals surface area (Å²) in [7, 11) is 7.03. The molecule has 2 aliphatic carbocycles. The Kier molecular flexibility index (Phi) is 8.66. The molecule has 3 N–H and O–H groups in total. The Balaban J connectivity index is 1.31. The van der Waals surface area contributed by atoms with E-state index in [9.17, 15) is 9.90 Å². The molecule has 6 heterocycles. The first kappa shape index (κ1) is 34.9. The molecule has 2 aromatic carbocycles. The van der Waals surface area contributed by atoms with Crippen molar-refractivity contribution in [3.8, 4) is 5.75 Å². The Labute approximate surface area is 311 Å². The second kappa shape index (κ2) is 13.2. The normalized spacial score (nSPS) is 35.1. The van der Waals surface area contributed by atoms with Crippen LogP contribution in [0.3, 0.4) is 0 Å². The zero-order valence-electron chi connectivity index (χ0n) is 31.9. The predicted octanol–water partition coefficient (Wildman–Crippen LogP) is 5.92. The van der Waals surface area contributed by atoms with Crippen LogP contribution in [-0.4, -0.2) is 96.9 Å². The summed E-state index contributed by atoms with van der Waals surface area (Å²) in [6, 6.07) is 13.0. The molecule has 53 heavy (non-hydrogen) atoms. The summed E-state index contributed by atoms with van der Waals surface area (Å²) in [5, 5.41) is 13.9. The summed E-state index contributed by atoms with van der Waals surface area (Å²) in [5.41, 5.74) is 7.51. The number of hydrogen-bond donors (Lipinski definition) is 3. The third-order valence-electron chi connectivity index (χ3n) is 14.5. The second-order valence-corrected chi connectivity index (χ2v) is 16.6. The molecule has 0 amide bonds. The number of aromatic nitrogens is 2. The average molecular weight is 723 g/mol. The number of aliphatic hydroxyl groups excluding tert-OH is 1. The van der Waals surface area contributed by atoms with E-state index in [4.69, 9.17) is 18.9 Å². The lowest BCUT2D eigenvalue weighted by molar-refractivity contribution is -0.334. The molecule has 6 aliphatic rings. The van der Waals surface area contributed by atoms with E-state index in [-0.39, 0.29) is 41.7 Å². The first-order valence-electron chi connectivity index (χ1n) is 19.8. The van der Waals surface area contributed by atoms with Crippen molar-refractivity contribution in [1.29, 1.82) is 0 Å². The number of piperidine rings is 3. The first-order chi connectivity index (χ1) is 25.8. The number of hydrogen-bond acceptors (Lipinski definition) is 7. The average Bonchev–Trinajstić information content (AvgIpc) is 3.70. The van der Waals surface area contributed by atoms with Gasteiger partial charge in [-0.15, -0.1) is 0 Å². The zero-order chi connectivity index (χ0) is 36.8. The molecule has 4 aliphatic heterocycles. The molecule has 4 fully saturated rings. The molecule has 10 nitrogen and oxygen atoms in total. The largest absolute Gasteiger partial charge is 0.496 e. The molecule has 10 heteroatoms. The summed E-state index contributed by atoms with van der Waals surface area (Å²) in [5.74, 6) is 1.32. The molecular weight excluding hydrogens is 668 g/mol. The molecule has 10 rings (SSSR count). The Morgan fingerprint density at radius 1 is 1.04 bits per heavy atom. The number of benzene rings is 2. The van der Waals surface area contributed by atoms with Crippen molar-refractivity contribution in [2.45, 2.75) is 88.4 Å². The molecule has 6 bridgehead atoms. The van der Waals surface area contributed by atoms with E-state index in [1.165, 1.54) is 34.7 Å². The van der Waals surface area contributed by atoms with Gasteiger partial charge in [0.2, 0.25) is 0 Å². The topological polar surface area (TPSA) is 114 Å². The second-order valence-electron chi connectivity index (χ2n) is 16.6. The molecule has 1 saturated carbocycles. The molecular formula is C43H54N4O6. The molecule has 0 radical (unpaired) electrons. The maximum Gasteiger partial charge on any atom is 0.310 e. The number of carbonyl (C=O) groups excluding carboxylic acids is 2. The van der Waals surface area contributed by atoms with Crippen molar-refractivity contribution < 1.29 is 28.8 Å². The van der Waals surface area contributed by atoms with Gasteiger partial charge in [0.1, 0.15) is 12.0 Å². The van der Waals surface area contributed by atoms with Crippen molar-refractivity contribution >= 4 is 34.1 Å². The van der Waals surface area contributed by atoms with Gasteiger partial charge in [0.05, 0.1) is 31.9 Å². The number of fused-ring (bicyclic) bond motifs is 9. The van der Waals surface area contributed by atoms with Crippen molar-refractivity contribution in [2.75, 3.05) is 41.5 Å². The number of H-pyrrole nitrogens is 2. The van der Waals surface area contributed by atoms with E-state index < -0.39 is 11.6 Å². The molecule has 4 aromatic rings. The molecule has 3 saturated heterocycles. The number of rotatable bonds is 7. The van der Waals surface area contributed by atoms with Gasteiger partial charge in [0.15, 0.2) is 7.11 Å². The van der Waals surface area contributed by atoms with E-state index in [1.807, 2.05) is 0 Å². The summed E-state index contributed by atoms with van der Waals surface area (Å²) in [4.78, 5) is 31.9. The van der Waals surface area contributed by atoms with Crippen molar-refractivity contribution in [1.82, 2.24) is 19.8 Å². The van der Waals surface area contributed by atoms with E-state index in [0.29, 0.717) is 11.8 Å². The SMILES string of the molecule is CC[C@@H]1CN(C)[C@H]2Cc3c([nH]c4ccccc34)[C@H](c3c(OC)ccc4c5c([nH]c34)C3([C-]=[O+]OC)C[C@@H]4C[C@H](CC)[C@@H]3N(CC5)C4O)C[C@@H]1C2C(=O)OC. The van der Waals surface area contributed by atoms with Crippen LogP contribution in [0.2, 0.25) is 0 Å². The zero-order valence-corrected chi connectivity index (χ0v) is 31.9. The van der Waals surface area contributed by atoms with Crippen LogP contribution >= 0.6 is 0 Å². The van der Waals surface area contributed by atoms with Crippen LogP contribution in [0.15, 0.2) is 36.4 Å². The van der Waals surface area contributed by atoms with E-state index in [0.717, 1.165) is 86.1 Å². The van der Waals surface area contributed by atoms with Gasteiger partial charge in [-0.05, 0) is 91.1 Å². The summed E-state index contributed by atoms with van der Waals surface area (Å²) in [6.07, 6.45) is 8.99. The number of aromatic amines is 2. The van der Waals surface area contributed by atoms with Gasteiger partial charge < -0.3 is 29.4 Å². The number of likely N-dealkylation sites (N-methyl/N-ethyl adjacent to an activating group) is 1.